The predicted molar refractivity (Wildman–Crippen MR) is 113 cm³/mol. The summed E-state index contributed by atoms with van der Waals surface area (Å²) in [6.07, 6.45) is 0. The van der Waals surface area contributed by atoms with Gasteiger partial charge in [0, 0.05) is 25.7 Å². The molecular weight excluding hydrogens is 400 g/mol. The standard InChI is InChI=1S/C22H30N4O5/c1-13(2)23-21(30)25(4)12-15-16-17(22(3,24-15)20(29)31-5)19(28)26(18(16)27)11-14-9-7-6-8-10-14/h6-10,13,15-17,24H,11-12H2,1-5H3,(H,23,30)/t15-,16+,17-,22-/m1/s1. The van der Waals surface area contributed by atoms with Gasteiger partial charge < -0.3 is 15.0 Å². The number of methoxy groups -OCH3 is 1. The molecule has 2 saturated heterocycles. The smallest absolute Gasteiger partial charge is 0.326 e. The number of likely N-dealkylation sites (N-methyl/N-ethyl adjacent to an activating group) is 1. The second-order valence-corrected chi connectivity index (χ2v) is 8.68. The van der Waals surface area contributed by atoms with Gasteiger partial charge in [-0.2, -0.15) is 0 Å². The third kappa shape index (κ3) is 4.14. The molecule has 1 aromatic carbocycles. The van der Waals surface area contributed by atoms with Crippen LogP contribution < -0.4 is 10.6 Å². The van der Waals surface area contributed by atoms with Crippen LogP contribution in [0.5, 0.6) is 0 Å². The second-order valence-electron chi connectivity index (χ2n) is 8.68. The van der Waals surface area contributed by atoms with Gasteiger partial charge in [-0.1, -0.05) is 30.3 Å². The van der Waals surface area contributed by atoms with Gasteiger partial charge in [0.25, 0.3) is 0 Å². The van der Waals surface area contributed by atoms with Gasteiger partial charge in [0.05, 0.1) is 25.5 Å². The van der Waals surface area contributed by atoms with E-state index in [-0.39, 0.29) is 31.1 Å². The molecule has 0 aromatic heterocycles. The van der Waals surface area contributed by atoms with Crippen molar-refractivity contribution in [1.82, 2.24) is 20.4 Å². The zero-order chi connectivity index (χ0) is 22.9. The molecule has 4 amide bonds. The number of carbonyl (C=O) groups is 4. The number of imide groups is 1. The normalized spacial score (nSPS) is 27.4. The molecule has 4 atom stereocenters. The Kier molecular flexibility index (Phi) is 6.35. The molecule has 2 fully saturated rings. The first kappa shape index (κ1) is 22.7. The SMILES string of the molecule is COC(=O)[C@]1(C)N[C@H](CN(C)C(=O)NC(C)C)[C@@H]2C(=O)N(Cc3ccccc3)C(=O)[C@@H]21. The summed E-state index contributed by atoms with van der Waals surface area (Å²) < 4.78 is 4.96. The fraction of sp³-hybridized carbons (Fsp3) is 0.545. The van der Waals surface area contributed by atoms with Gasteiger partial charge in [0.2, 0.25) is 11.8 Å². The number of hydrogen-bond acceptors (Lipinski definition) is 6. The van der Waals surface area contributed by atoms with Crippen LogP contribution in [0.3, 0.4) is 0 Å². The minimum absolute atomic E-state index is 0.0457. The molecule has 2 N–H and O–H groups in total. The molecule has 0 bridgehead atoms. The Bertz CT molecular complexity index is 874. The molecule has 9 nitrogen and oxygen atoms in total. The van der Waals surface area contributed by atoms with Crippen LogP contribution in [0.25, 0.3) is 0 Å². The van der Waals surface area contributed by atoms with Gasteiger partial charge in [-0.25, -0.2) is 4.79 Å². The van der Waals surface area contributed by atoms with Crippen LogP contribution in [0.15, 0.2) is 30.3 Å². The van der Waals surface area contributed by atoms with E-state index < -0.39 is 35.3 Å². The number of ether oxygens (including phenoxy) is 1. The number of rotatable bonds is 6. The number of likely N-dealkylation sites (tertiary alicyclic amines) is 1. The summed E-state index contributed by atoms with van der Waals surface area (Å²) in [6, 6.07) is 8.31. The van der Waals surface area contributed by atoms with Crippen molar-refractivity contribution in [3.63, 3.8) is 0 Å². The third-order valence-electron chi connectivity index (χ3n) is 6.01. The molecule has 168 valence electrons. The van der Waals surface area contributed by atoms with Gasteiger partial charge in [-0.05, 0) is 26.3 Å². The monoisotopic (exact) mass is 430 g/mol. The number of carbonyl (C=O) groups excluding carboxylic acids is 4. The molecule has 0 aliphatic carbocycles. The highest BCUT2D eigenvalue weighted by Gasteiger charge is 2.66. The lowest BCUT2D eigenvalue weighted by molar-refractivity contribution is -0.153. The molecule has 0 saturated carbocycles. The summed E-state index contributed by atoms with van der Waals surface area (Å²) in [4.78, 5) is 54.3. The maximum absolute atomic E-state index is 13.3. The molecule has 0 radical (unpaired) electrons. The molecular formula is C22H30N4O5. The van der Waals surface area contributed by atoms with Crippen LogP contribution in [0, 0.1) is 11.8 Å². The molecule has 31 heavy (non-hydrogen) atoms. The summed E-state index contributed by atoms with van der Waals surface area (Å²) in [5.41, 5.74) is -0.542. The summed E-state index contributed by atoms with van der Waals surface area (Å²) in [7, 11) is 2.87. The van der Waals surface area contributed by atoms with Gasteiger partial charge in [0.1, 0.15) is 5.54 Å². The van der Waals surface area contributed by atoms with E-state index in [0.717, 1.165) is 5.56 Å². The van der Waals surface area contributed by atoms with Crippen LogP contribution in [-0.2, 0) is 25.7 Å². The van der Waals surface area contributed by atoms with Crippen LogP contribution in [0.1, 0.15) is 26.3 Å². The predicted octanol–water partition coefficient (Wildman–Crippen LogP) is 0.741. The highest BCUT2D eigenvalue weighted by molar-refractivity contribution is 6.09. The molecule has 9 heteroatoms. The fourth-order valence-corrected chi connectivity index (χ4v) is 4.54. The fourth-order valence-electron chi connectivity index (χ4n) is 4.54. The number of fused-ring (bicyclic) bond motifs is 1. The third-order valence-corrected chi connectivity index (χ3v) is 6.01. The quantitative estimate of drug-likeness (QED) is 0.509. The van der Waals surface area contributed by atoms with Crippen molar-refractivity contribution in [3.8, 4) is 0 Å². The van der Waals surface area contributed by atoms with E-state index in [9.17, 15) is 19.2 Å². The molecule has 2 aliphatic heterocycles. The molecule has 2 aliphatic rings. The van der Waals surface area contributed by atoms with Crippen LogP contribution >= 0.6 is 0 Å². The van der Waals surface area contributed by atoms with Crippen LogP contribution in [0.4, 0.5) is 4.79 Å². The van der Waals surface area contributed by atoms with Crippen molar-refractivity contribution in [2.24, 2.45) is 11.8 Å². The van der Waals surface area contributed by atoms with Crippen molar-refractivity contribution in [2.75, 3.05) is 20.7 Å². The summed E-state index contributed by atoms with van der Waals surface area (Å²) >= 11 is 0. The second kappa shape index (κ2) is 8.66. The molecule has 2 heterocycles. The van der Waals surface area contributed by atoms with Crippen molar-refractivity contribution in [2.45, 2.75) is 44.9 Å². The Morgan fingerprint density at radius 2 is 1.87 bits per heavy atom. The number of amides is 4. The Hall–Kier alpha value is -2.94. The average Bonchev–Trinajstić information content (AvgIpc) is 3.16. The summed E-state index contributed by atoms with van der Waals surface area (Å²) in [5.74, 6) is -3.03. The molecule has 3 rings (SSSR count). The lowest BCUT2D eigenvalue weighted by atomic mass is 9.81. The number of urea groups is 1. The molecule has 0 spiro atoms. The maximum atomic E-state index is 13.3. The molecule has 1 aromatic rings. The lowest BCUT2D eigenvalue weighted by Gasteiger charge is -2.30. The van der Waals surface area contributed by atoms with E-state index in [1.807, 2.05) is 44.2 Å². The van der Waals surface area contributed by atoms with Gasteiger partial charge in [-0.15, -0.1) is 0 Å². The van der Waals surface area contributed by atoms with E-state index in [2.05, 4.69) is 10.6 Å². The van der Waals surface area contributed by atoms with E-state index in [1.165, 1.54) is 16.9 Å². The van der Waals surface area contributed by atoms with Gasteiger partial charge in [-0.3, -0.25) is 24.6 Å². The summed E-state index contributed by atoms with van der Waals surface area (Å²) in [6.45, 7) is 5.58. The van der Waals surface area contributed by atoms with Gasteiger partial charge in [0.15, 0.2) is 0 Å². The number of nitrogens with zero attached hydrogens (tertiary/aromatic N) is 2. The number of hydrogen-bond donors (Lipinski definition) is 2. The minimum atomic E-state index is -1.36. The number of esters is 1. The average molecular weight is 431 g/mol. The van der Waals surface area contributed by atoms with Crippen molar-refractivity contribution in [3.05, 3.63) is 35.9 Å². The van der Waals surface area contributed by atoms with E-state index in [0.29, 0.717) is 0 Å². The number of nitrogens with one attached hydrogen (secondary N) is 2. The Morgan fingerprint density at radius 3 is 2.45 bits per heavy atom. The van der Waals surface area contributed by atoms with Crippen molar-refractivity contribution < 1.29 is 23.9 Å². The summed E-state index contributed by atoms with van der Waals surface area (Å²) in [5, 5.41) is 5.94. The Labute approximate surface area is 182 Å². The first-order valence-electron chi connectivity index (χ1n) is 10.4. The first-order valence-corrected chi connectivity index (χ1v) is 10.4. The van der Waals surface area contributed by atoms with E-state index >= 15 is 0 Å². The highest BCUT2D eigenvalue weighted by Crippen LogP contribution is 2.44. The Morgan fingerprint density at radius 1 is 1.23 bits per heavy atom. The van der Waals surface area contributed by atoms with E-state index in [4.69, 9.17) is 4.74 Å². The number of benzene rings is 1. The van der Waals surface area contributed by atoms with Crippen LogP contribution in [0.2, 0.25) is 0 Å². The van der Waals surface area contributed by atoms with E-state index in [1.54, 1.807) is 14.0 Å². The van der Waals surface area contributed by atoms with Crippen LogP contribution in [-0.4, -0.2) is 71.9 Å². The zero-order valence-corrected chi connectivity index (χ0v) is 18.5. The van der Waals surface area contributed by atoms with Crippen molar-refractivity contribution >= 4 is 23.8 Å². The first-order chi connectivity index (χ1) is 14.6. The largest absolute Gasteiger partial charge is 0.468 e. The minimum Gasteiger partial charge on any atom is -0.468 e. The van der Waals surface area contributed by atoms with Gasteiger partial charge >= 0.3 is 12.0 Å². The zero-order valence-electron chi connectivity index (χ0n) is 18.5. The maximum Gasteiger partial charge on any atom is 0.326 e. The lowest BCUT2D eigenvalue weighted by Crippen LogP contribution is -2.56. The highest BCUT2D eigenvalue weighted by atomic mass is 16.5. The topological polar surface area (TPSA) is 108 Å². The molecule has 0 unspecified atom stereocenters. The van der Waals surface area contributed by atoms with Crippen molar-refractivity contribution in [1.29, 1.82) is 0 Å². The Balaban J connectivity index is 1.89.